The third-order valence-electron chi connectivity index (χ3n) is 2.67. The van der Waals surface area contributed by atoms with E-state index in [9.17, 15) is 9.59 Å². The molecule has 1 atom stereocenters. The van der Waals surface area contributed by atoms with Crippen LogP contribution in [-0.4, -0.2) is 24.4 Å². The third-order valence-corrected chi connectivity index (χ3v) is 2.67. The molecule has 1 aromatic carbocycles. The van der Waals surface area contributed by atoms with E-state index in [0.717, 1.165) is 5.69 Å². The first-order valence-corrected chi connectivity index (χ1v) is 5.29. The van der Waals surface area contributed by atoms with Gasteiger partial charge in [0.1, 0.15) is 0 Å². The average molecular weight is 234 g/mol. The minimum Gasteiger partial charge on any atom is -0.398 e. The molecule has 0 radical (unpaired) electrons. The summed E-state index contributed by atoms with van der Waals surface area (Å²) in [6, 6.07) is 5.00. The van der Waals surface area contributed by atoms with E-state index in [-0.39, 0.29) is 17.5 Å². The lowest BCUT2D eigenvalue weighted by Crippen LogP contribution is -2.22. The molecular weight excluding hydrogens is 220 g/mol. The second-order valence-electron chi connectivity index (χ2n) is 4.02. The molecule has 2 amide bonds. The van der Waals surface area contributed by atoms with Gasteiger partial charge in [-0.1, -0.05) is 0 Å². The predicted molar refractivity (Wildman–Crippen MR) is 64.4 cm³/mol. The van der Waals surface area contributed by atoms with Gasteiger partial charge in [-0.25, -0.2) is 0 Å². The van der Waals surface area contributed by atoms with Gasteiger partial charge in [0.05, 0.1) is 11.6 Å². The normalized spacial score (nSPS) is 18.8. The van der Waals surface area contributed by atoms with Crippen molar-refractivity contribution < 1.29 is 9.59 Å². The van der Waals surface area contributed by atoms with Gasteiger partial charge in [-0.3, -0.25) is 9.59 Å². The van der Waals surface area contributed by atoms with Crippen molar-refractivity contribution in [1.29, 1.82) is 0 Å². The number of anilines is 2. The van der Waals surface area contributed by atoms with Crippen molar-refractivity contribution in [2.24, 2.45) is 5.73 Å². The fourth-order valence-corrected chi connectivity index (χ4v) is 1.80. The number of hydrogen-bond acceptors (Lipinski definition) is 4. The molecule has 1 unspecified atom stereocenters. The molecule has 1 aromatic rings. The average Bonchev–Trinajstić information content (AvgIpc) is 2.66. The Hall–Kier alpha value is -2.24. The highest BCUT2D eigenvalue weighted by Crippen LogP contribution is 2.19. The summed E-state index contributed by atoms with van der Waals surface area (Å²) in [5.74, 6) is -0.542. The quantitative estimate of drug-likeness (QED) is 0.536. The Morgan fingerprint density at radius 1 is 1.47 bits per heavy atom. The molecule has 6 N–H and O–H groups in total. The van der Waals surface area contributed by atoms with Crippen LogP contribution in [0.2, 0.25) is 0 Å². The molecule has 0 aromatic heterocycles. The molecule has 90 valence electrons. The van der Waals surface area contributed by atoms with E-state index in [1.54, 1.807) is 18.2 Å². The van der Waals surface area contributed by atoms with Gasteiger partial charge in [-0.15, -0.1) is 0 Å². The Bertz CT molecular complexity index is 473. The largest absolute Gasteiger partial charge is 0.398 e. The number of nitrogens with two attached hydrogens (primary N) is 2. The molecular formula is C11H14N4O2. The Morgan fingerprint density at radius 2 is 2.24 bits per heavy atom. The molecule has 17 heavy (non-hydrogen) atoms. The second kappa shape index (κ2) is 4.32. The van der Waals surface area contributed by atoms with E-state index in [1.807, 2.05) is 0 Å². The van der Waals surface area contributed by atoms with E-state index < -0.39 is 5.91 Å². The topological polar surface area (TPSA) is 110 Å². The van der Waals surface area contributed by atoms with Gasteiger partial charge < -0.3 is 22.1 Å². The van der Waals surface area contributed by atoms with Gasteiger partial charge in [-0.05, 0) is 18.2 Å². The smallest absolute Gasteiger partial charge is 0.250 e. The minimum atomic E-state index is -0.563. The monoisotopic (exact) mass is 234 g/mol. The van der Waals surface area contributed by atoms with Crippen molar-refractivity contribution in [3.8, 4) is 0 Å². The number of nitrogens with one attached hydrogen (secondary N) is 2. The number of carbonyl (C=O) groups is 2. The third kappa shape index (κ3) is 2.47. The van der Waals surface area contributed by atoms with Gasteiger partial charge in [0.25, 0.3) is 5.91 Å². The van der Waals surface area contributed by atoms with Gasteiger partial charge in [-0.2, -0.15) is 0 Å². The molecule has 0 bridgehead atoms. The summed E-state index contributed by atoms with van der Waals surface area (Å²) in [4.78, 5) is 22.1. The van der Waals surface area contributed by atoms with Crippen LogP contribution in [0.1, 0.15) is 16.8 Å². The van der Waals surface area contributed by atoms with E-state index >= 15 is 0 Å². The zero-order valence-electron chi connectivity index (χ0n) is 9.19. The number of nitrogen functional groups attached to an aromatic ring is 1. The first kappa shape index (κ1) is 11.3. The zero-order valence-corrected chi connectivity index (χ0v) is 9.19. The lowest BCUT2D eigenvalue weighted by molar-refractivity contribution is -0.119. The van der Waals surface area contributed by atoms with Crippen molar-refractivity contribution in [3.05, 3.63) is 23.8 Å². The van der Waals surface area contributed by atoms with E-state index in [2.05, 4.69) is 10.6 Å². The molecule has 0 saturated carbocycles. The molecule has 1 saturated heterocycles. The van der Waals surface area contributed by atoms with Crippen molar-refractivity contribution >= 4 is 23.2 Å². The molecule has 0 spiro atoms. The maximum absolute atomic E-state index is 11.1. The molecule has 1 aliphatic rings. The molecule has 1 heterocycles. The standard InChI is InChI=1S/C11H14N4O2/c12-9-2-1-6(3-8(9)11(13)17)15-7-4-10(16)14-5-7/h1-3,7,15H,4-5,12H2,(H2,13,17)(H,14,16). The summed E-state index contributed by atoms with van der Waals surface area (Å²) in [5.41, 5.74) is 12.2. The van der Waals surface area contributed by atoms with Crippen molar-refractivity contribution in [2.45, 2.75) is 12.5 Å². The lowest BCUT2D eigenvalue weighted by atomic mass is 10.1. The van der Waals surface area contributed by atoms with Gasteiger partial charge in [0.2, 0.25) is 5.91 Å². The van der Waals surface area contributed by atoms with Crippen LogP contribution in [0.4, 0.5) is 11.4 Å². The van der Waals surface area contributed by atoms with Gasteiger partial charge in [0, 0.05) is 24.3 Å². The van der Waals surface area contributed by atoms with Gasteiger partial charge in [0.15, 0.2) is 0 Å². The Kier molecular flexibility index (Phi) is 2.86. The van der Waals surface area contributed by atoms with Crippen LogP contribution in [0.3, 0.4) is 0 Å². The maximum Gasteiger partial charge on any atom is 0.250 e. The van der Waals surface area contributed by atoms with Gasteiger partial charge >= 0.3 is 0 Å². The fourth-order valence-electron chi connectivity index (χ4n) is 1.80. The van der Waals surface area contributed by atoms with Crippen LogP contribution in [0.15, 0.2) is 18.2 Å². The number of amides is 2. The highest BCUT2D eigenvalue weighted by atomic mass is 16.2. The van der Waals surface area contributed by atoms with E-state index in [1.165, 1.54) is 0 Å². The predicted octanol–water partition coefficient (Wildman–Crippen LogP) is -0.332. The van der Waals surface area contributed by atoms with E-state index in [4.69, 9.17) is 11.5 Å². The summed E-state index contributed by atoms with van der Waals surface area (Å²) in [6.45, 7) is 0.578. The molecule has 6 heteroatoms. The van der Waals surface area contributed by atoms with Crippen LogP contribution in [-0.2, 0) is 4.79 Å². The molecule has 1 fully saturated rings. The highest BCUT2D eigenvalue weighted by Gasteiger charge is 2.21. The van der Waals surface area contributed by atoms with Crippen molar-refractivity contribution in [1.82, 2.24) is 5.32 Å². The number of benzene rings is 1. The van der Waals surface area contributed by atoms with Crippen molar-refractivity contribution in [3.63, 3.8) is 0 Å². The zero-order chi connectivity index (χ0) is 12.4. The van der Waals surface area contributed by atoms with E-state index in [0.29, 0.717) is 18.7 Å². The molecule has 0 aliphatic carbocycles. The second-order valence-corrected chi connectivity index (χ2v) is 4.02. The van der Waals surface area contributed by atoms with Crippen LogP contribution >= 0.6 is 0 Å². The lowest BCUT2D eigenvalue weighted by Gasteiger charge is -2.13. The summed E-state index contributed by atoms with van der Waals surface area (Å²) in [7, 11) is 0. The number of primary amides is 1. The summed E-state index contributed by atoms with van der Waals surface area (Å²) in [6.07, 6.45) is 0.427. The Labute approximate surface area is 98.4 Å². The summed E-state index contributed by atoms with van der Waals surface area (Å²) in [5, 5.41) is 5.87. The minimum absolute atomic E-state index is 0.0214. The number of hydrogen-bond donors (Lipinski definition) is 4. The molecule has 6 nitrogen and oxygen atoms in total. The summed E-state index contributed by atoms with van der Waals surface area (Å²) >= 11 is 0. The Balaban J connectivity index is 2.14. The first-order chi connectivity index (χ1) is 8.06. The fraction of sp³-hybridized carbons (Fsp3) is 0.273. The van der Waals surface area contributed by atoms with Crippen molar-refractivity contribution in [2.75, 3.05) is 17.6 Å². The molecule has 2 rings (SSSR count). The molecule has 1 aliphatic heterocycles. The SMILES string of the molecule is NC(=O)c1cc(NC2CNC(=O)C2)ccc1N. The van der Waals surface area contributed by atoms with Crippen LogP contribution < -0.4 is 22.1 Å². The Morgan fingerprint density at radius 3 is 2.82 bits per heavy atom. The summed E-state index contributed by atoms with van der Waals surface area (Å²) < 4.78 is 0. The van der Waals surface area contributed by atoms with Crippen LogP contribution in [0.25, 0.3) is 0 Å². The number of carbonyl (C=O) groups excluding carboxylic acids is 2. The van der Waals surface area contributed by atoms with Crippen LogP contribution in [0, 0.1) is 0 Å². The number of rotatable bonds is 3. The highest BCUT2D eigenvalue weighted by molar-refractivity contribution is 5.99. The maximum atomic E-state index is 11.1. The van der Waals surface area contributed by atoms with Crippen LogP contribution in [0.5, 0.6) is 0 Å². The first-order valence-electron chi connectivity index (χ1n) is 5.29.